The quantitative estimate of drug-likeness (QED) is 0.317. The van der Waals surface area contributed by atoms with E-state index in [1.165, 1.54) is 25.3 Å². The van der Waals surface area contributed by atoms with Crippen LogP contribution in [0.15, 0.2) is 48.5 Å². The van der Waals surface area contributed by atoms with Crippen molar-refractivity contribution in [3.8, 4) is 22.6 Å². The van der Waals surface area contributed by atoms with Crippen molar-refractivity contribution in [1.29, 1.82) is 0 Å². The van der Waals surface area contributed by atoms with Crippen LogP contribution in [0, 0.1) is 17.0 Å². The molecule has 3 aromatic rings. The minimum Gasteiger partial charge on any atom is -0.497 e. The van der Waals surface area contributed by atoms with Crippen LogP contribution in [0.25, 0.3) is 11.1 Å². The topological polar surface area (TPSA) is 55.8 Å². The molecule has 2 aliphatic rings. The number of carboxylic acid groups (broad SMARTS) is 1. The fourth-order valence-electron chi connectivity index (χ4n) is 6.71. The molecule has 0 radical (unpaired) electrons. The van der Waals surface area contributed by atoms with E-state index >= 15 is 8.78 Å². The van der Waals surface area contributed by atoms with Crippen LogP contribution in [0.4, 0.5) is 8.78 Å². The van der Waals surface area contributed by atoms with E-state index in [-0.39, 0.29) is 35.5 Å². The monoisotopic (exact) mass is 534 g/mol. The lowest BCUT2D eigenvalue weighted by molar-refractivity contribution is -0.138. The fraction of sp³-hybridized carbons (Fsp3) is 0.424. The molecule has 0 aliphatic heterocycles. The molecule has 2 atom stereocenters. The van der Waals surface area contributed by atoms with Gasteiger partial charge in [-0.25, -0.2) is 8.78 Å². The van der Waals surface area contributed by atoms with Crippen LogP contribution in [-0.4, -0.2) is 18.2 Å². The molecule has 1 N–H and O–H groups in total. The first kappa shape index (κ1) is 27.2. The van der Waals surface area contributed by atoms with E-state index in [9.17, 15) is 9.90 Å². The van der Waals surface area contributed by atoms with Crippen molar-refractivity contribution in [2.24, 2.45) is 5.41 Å². The summed E-state index contributed by atoms with van der Waals surface area (Å²) >= 11 is 0. The minimum atomic E-state index is -0.818. The second-order valence-corrected chi connectivity index (χ2v) is 12.1. The van der Waals surface area contributed by atoms with Crippen LogP contribution in [0.5, 0.6) is 11.5 Å². The van der Waals surface area contributed by atoms with Gasteiger partial charge in [0.15, 0.2) is 0 Å². The molecule has 6 heteroatoms. The summed E-state index contributed by atoms with van der Waals surface area (Å²) in [4.78, 5) is 11.5. The molecule has 5 rings (SSSR count). The number of hydrogen-bond acceptors (Lipinski definition) is 3. The lowest BCUT2D eigenvalue weighted by Crippen LogP contribution is -2.22. The van der Waals surface area contributed by atoms with Gasteiger partial charge in [0.05, 0.1) is 13.5 Å². The number of hydrogen-bond donors (Lipinski definition) is 1. The summed E-state index contributed by atoms with van der Waals surface area (Å²) < 4.78 is 42.4. The molecular weight excluding hydrogens is 498 g/mol. The second-order valence-electron chi connectivity index (χ2n) is 12.1. The van der Waals surface area contributed by atoms with Gasteiger partial charge >= 0.3 is 5.97 Å². The van der Waals surface area contributed by atoms with E-state index in [2.05, 4.69) is 13.8 Å². The van der Waals surface area contributed by atoms with Crippen LogP contribution in [-0.2, 0) is 23.2 Å². The average Bonchev–Trinajstić information content (AvgIpc) is 3.40. The third kappa shape index (κ3) is 5.26. The maximum Gasteiger partial charge on any atom is 0.304 e. The highest BCUT2D eigenvalue weighted by atomic mass is 19.1. The van der Waals surface area contributed by atoms with E-state index in [0.717, 1.165) is 48.8 Å². The Morgan fingerprint density at radius 2 is 1.77 bits per heavy atom. The van der Waals surface area contributed by atoms with Gasteiger partial charge in [0.2, 0.25) is 0 Å². The lowest BCUT2D eigenvalue weighted by Gasteiger charge is -2.30. The number of rotatable bonds is 8. The molecule has 206 valence electrons. The van der Waals surface area contributed by atoms with Crippen LogP contribution < -0.4 is 9.47 Å². The third-order valence-electron chi connectivity index (χ3n) is 8.88. The molecule has 2 aliphatic carbocycles. The zero-order valence-corrected chi connectivity index (χ0v) is 23.1. The van der Waals surface area contributed by atoms with Gasteiger partial charge in [-0.3, -0.25) is 4.79 Å². The first-order valence-corrected chi connectivity index (χ1v) is 13.6. The molecule has 0 heterocycles. The number of benzene rings is 3. The van der Waals surface area contributed by atoms with Gasteiger partial charge in [0.1, 0.15) is 29.7 Å². The molecule has 0 unspecified atom stereocenters. The molecular formula is C33H36F2O4. The lowest BCUT2D eigenvalue weighted by atomic mass is 9.75. The minimum absolute atomic E-state index is 0.0510. The predicted molar refractivity (Wildman–Crippen MR) is 147 cm³/mol. The standard InChI is InChI=1S/C33H36F2O4/c1-32(2)12-5-6-26(32)24-14-20(15-29(35)31(24)25-16-22(38-4)9-10-28(25)34)19-39-23-8-7-21-11-13-33(3,18-30(36)37)27(21)17-23/h7-10,14-17,26H,5-6,11-13,18-19H2,1-4H3,(H,36,37)/t26-,33+/m1/s1. The number of ether oxygens (including phenoxy) is 2. The van der Waals surface area contributed by atoms with E-state index < -0.39 is 23.0 Å². The second kappa shape index (κ2) is 10.3. The van der Waals surface area contributed by atoms with Crippen molar-refractivity contribution in [3.63, 3.8) is 0 Å². The first-order valence-electron chi connectivity index (χ1n) is 13.6. The van der Waals surface area contributed by atoms with Crippen molar-refractivity contribution >= 4 is 5.97 Å². The molecule has 1 fully saturated rings. The molecule has 3 aromatic carbocycles. The van der Waals surface area contributed by atoms with E-state index in [4.69, 9.17) is 9.47 Å². The predicted octanol–water partition coefficient (Wildman–Crippen LogP) is 8.19. The van der Waals surface area contributed by atoms with Crippen LogP contribution >= 0.6 is 0 Å². The van der Waals surface area contributed by atoms with Gasteiger partial charge in [-0.05, 0) is 95.7 Å². The Labute approximate surface area is 229 Å². The normalized spacial score (nSPS) is 21.5. The maximum atomic E-state index is 15.9. The highest BCUT2D eigenvalue weighted by molar-refractivity contribution is 5.72. The Morgan fingerprint density at radius 1 is 1.00 bits per heavy atom. The first-order chi connectivity index (χ1) is 18.5. The number of fused-ring (bicyclic) bond motifs is 1. The average molecular weight is 535 g/mol. The third-order valence-corrected chi connectivity index (χ3v) is 8.88. The van der Waals surface area contributed by atoms with Gasteiger partial charge in [0.25, 0.3) is 0 Å². The summed E-state index contributed by atoms with van der Waals surface area (Å²) in [7, 11) is 1.51. The fourth-order valence-corrected chi connectivity index (χ4v) is 6.71. The Balaban J connectivity index is 1.50. The highest BCUT2D eigenvalue weighted by Gasteiger charge is 2.38. The Bertz CT molecular complexity index is 1410. The zero-order chi connectivity index (χ0) is 27.9. The molecule has 1 saturated carbocycles. The number of aliphatic carboxylic acids is 1. The smallest absolute Gasteiger partial charge is 0.304 e. The Hall–Kier alpha value is -3.41. The van der Waals surface area contributed by atoms with Gasteiger partial charge in [-0.2, -0.15) is 0 Å². The van der Waals surface area contributed by atoms with Gasteiger partial charge in [0, 0.05) is 16.5 Å². The SMILES string of the molecule is COc1ccc(F)c(-c2c(F)cc(COc3ccc4c(c3)[C@](C)(CC(=O)O)CC4)cc2[C@H]2CCCC2(C)C)c1. The maximum absolute atomic E-state index is 15.9. The van der Waals surface area contributed by atoms with Crippen molar-refractivity contribution in [2.45, 2.75) is 77.2 Å². The number of carbonyl (C=O) groups is 1. The molecule has 4 nitrogen and oxygen atoms in total. The zero-order valence-electron chi connectivity index (χ0n) is 23.1. The van der Waals surface area contributed by atoms with E-state index in [1.807, 2.05) is 31.2 Å². The van der Waals surface area contributed by atoms with Crippen molar-refractivity contribution in [1.82, 2.24) is 0 Å². The summed E-state index contributed by atoms with van der Waals surface area (Å²) in [6.07, 6.45) is 4.65. The molecule has 0 spiro atoms. The van der Waals surface area contributed by atoms with Gasteiger partial charge < -0.3 is 14.6 Å². The van der Waals surface area contributed by atoms with E-state index in [1.54, 1.807) is 6.07 Å². The van der Waals surface area contributed by atoms with Gasteiger partial charge in [-0.15, -0.1) is 0 Å². The summed E-state index contributed by atoms with van der Waals surface area (Å²) in [6.45, 7) is 6.51. The van der Waals surface area contributed by atoms with E-state index in [0.29, 0.717) is 17.1 Å². The summed E-state index contributed by atoms with van der Waals surface area (Å²) in [5, 5.41) is 9.42. The molecule has 39 heavy (non-hydrogen) atoms. The Kier molecular flexibility index (Phi) is 7.17. The van der Waals surface area contributed by atoms with Gasteiger partial charge in [-0.1, -0.05) is 39.3 Å². The summed E-state index contributed by atoms with van der Waals surface area (Å²) in [5.74, 6) is -0.617. The number of carboxylic acids is 1. The molecule has 0 bridgehead atoms. The molecule has 0 amide bonds. The summed E-state index contributed by atoms with van der Waals surface area (Å²) in [5.41, 5.74) is 3.63. The number of halogens is 2. The van der Waals surface area contributed by atoms with Crippen LogP contribution in [0.2, 0.25) is 0 Å². The summed E-state index contributed by atoms with van der Waals surface area (Å²) in [6, 6.07) is 13.6. The number of methoxy groups -OCH3 is 1. The van der Waals surface area contributed by atoms with Crippen molar-refractivity contribution in [3.05, 3.63) is 82.4 Å². The van der Waals surface area contributed by atoms with Crippen molar-refractivity contribution < 1.29 is 28.2 Å². The van der Waals surface area contributed by atoms with Crippen LogP contribution in [0.3, 0.4) is 0 Å². The highest BCUT2D eigenvalue weighted by Crippen LogP contribution is 2.52. The van der Waals surface area contributed by atoms with Crippen LogP contribution in [0.1, 0.15) is 81.0 Å². The largest absolute Gasteiger partial charge is 0.497 e. The Morgan fingerprint density at radius 3 is 2.46 bits per heavy atom. The molecule has 0 aromatic heterocycles. The van der Waals surface area contributed by atoms with Crippen molar-refractivity contribution in [2.75, 3.05) is 7.11 Å². The molecule has 0 saturated heterocycles. The number of aryl methyl sites for hydroxylation is 1.